The lowest BCUT2D eigenvalue weighted by molar-refractivity contribution is -0.148. The fourth-order valence-electron chi connectivity index (χ4n) is 10.9. The summed E-state index contributed by atoms with van der Waals surface area (Å²) in [6.07, 6.45) is 2.72. The van der Waals surface area contributed by atoms with Gasteiger partial charge in [-0.3, -0.25) is 33.7 Å². The molecule has 1 saturated heterocycles. The molecule has 1 fully saturated rings. The molecular weight excluding hydrogens is 1080 g/mol. The number of nitrogens with one attached hydrogen (secondary N) is 4. The molecular formula is C61H94N10O11S. The predicted octanol–water partition coefficient (Wildman–Crippen LogP) is 6.84. The molecule has 0 aliphatic carbocycles. The summed E-state index contributed by atoms with van der Waals surface area (Å²) in [6.45, 7) is 17.2. The molecule has 0 saturated carbocycles. The van der Waals surface area contributed by atoms with E-state index in [0.717, 1.165) is 10.6 Å². The maximum Gasteiger partial charge on any atom is 0.410 e. The summed E-state index contributed by atoms with van der Waals surface area (Å²) in [5.41, 5.74) is 13.4. The van der Waals surface area contributed by atoms with Gasteiger partial charge in [-0.2, -0.15) is 0 Å². The van der Waals surface area contributed by atoms with Gasteiger partial charge >= 0.3 is 12.1 Å². The van der Waals surface area contributed by atoms with Gasteiger partial charge in [-0.15, -0.1) is 11.3 Å². The first-order valence-corrected chi connectivity index (χ1v) is 30.0. The largest absolute Gasteiger partial charge is 0.445 e. The Hall–Kier alpha value is -6.49. The fourth-order valence-corrected chi connectivity index (χ4v) is 11.6. The molecule has 0 unspecified atom stereocenters. The Morgan fingerprint density at radius 2 is 1.48 bits per heavy atom. The van der Waals surface area contributed by atoms with Crippen molar-refractivity contribution < 1.29 is 52.6 Å². The highest BCUT2D eigenvalue weighted by Crippen LogP contribution is 2.31. The van der Waals surface area contributed by atoms with E-state index in [1.165, 1.54) is 30.4 Å². The first-order chi connectivity index (χ1) is 39.3. The highest BCUT2D eigenvalue weighted by Gasteiger charge is 2.44. The van der Waals surface area contributed by atoms with Crippen LogP contribution in [0.25, 0.3) is 0 Å². The van der Waals surface area contributed by atoms with E-state index < -0.39 is 84.1 Å². The van der Waals surface area contributed by atoms with E-state index in [1.54, 1.807) is 68.3 Å². The minimum Gasteiger partial charge on any atom is -0.445 e. The number of primary amides is 1. The molecule has 3 aromatic rings. The van der Waals surface area contributed by atoms with Crippen LogP contribution >= 0.6 is 11.3 Å². The normalized spacial score (nSPS) is 17.0. The highest BCUT2D eigenvalue weighted by molar-refractivity contribution is 7.09. The number of likely N-dealkylation sites (N-methyl/N-ethyl adjacent to an activating group) is 2. The van der Waals surface area contributed by atoms with Crippen molar-refractivity contribution >= 4 is 64.5 Å². The molecule has 460 valence electrons. The summed E-state index contributed by atoms with van der Waals surface area (Å²) < 4.78 is 17.9. The van der Waals surface area contributed by atoms with Gasteiger partial charge in [0, 0.05) is 71.0 Å². The van der Waals surface area contributed by atoms with E-state index in [4.69, 9.17) is 25.7 Å². The summed E-state index contributed by atoms with van der Waals surface area (Å²) >= 11 is 1.48. The number of carbonyl (C=O) groups is 8. The zero-order chi connectivity index (χ0) is 61.7. The number of anilines is 1. The Morgan fingerprint density at radius 1 is 0.807 bits per heavy atom. The second-order valence-electron chi connectivity index (χ2n) is 23.1. The van der Waals surface area contributed by atoms with Crippen LogP contribution in [-0.2, 0) is 56.0 Å². The number of methoxy groups -OCH3 is 2. The molecule has 22 heteroatoms. The number of Topliss-reactive ketones (excluding diaryl/α,β-unsaturated/α-hetero) is 1. The molecule has 2 aromatic carbocycles. The van der Waals surface area contributed by atoms with Crippen molar-refractivity contribution in [2.45, 2.75) is 169 Å². The number of hydrogen-bond donors (Lipinski definition) is 6. The van der Waals surface area contributed by atoms with Gasteiger partial charge in [0.1, 0.15) is 23.7 Å². The molecule has 83 heavy (non-hydrogen) atoms. The van der Waals surface area contributed by atoms with E-state index in [2.05, 4.69) is 26.3 Å². The third kappa shape index (κ3) is 20.1. The van der Waals surface area contributed by atoms with Crippen molar-refractivity contribution in [3.05, 3.63) is 82.3 Å². The van der Waals surface area contributed by atoms with Crippen LogP contribution in [0, 0.1) is 35.5 Å². The van der Waals surface area contributed by atoms with Crippen molar-refractivity contribution in [1.82, 2.24) is 35.6 Å². The first-order valence-electron chi connectivity index (χ1n) is 29.1. The summed E-state index contributed by atoms with van der Waals surface area (Å²) in [4.78, 5) is 118. The number of ether oxygens (including phenoxy) is 3. The third-order valence-corrected chi connectivity index (χ3v) is 16.9. The van der Waals surface area contributed by atoms with Crippen molar-refractivity contribution in [2.75, 3.05) is 46.7 Å². The second kappa shape index (κ2) is 33.7. The molecule has 0 radical (unpaired) electrons. The summed E-state index contributed by atoms with van der Waals surface area (Å²) in [5.74, 6) is -4.36. The quantitative estimate of drug-likeness (QED) is 0.0341. The van der Waals surface area contributed by atoms with E-state index in [9.17, 15) is 38.4 Å². The Labute approximate surface area is 495 Å². The average molecular weight is 1180 g/mol. The van der Waals surface area contributed by atoms with Gasteiger partial charge in [0.05, 0.1) is 48.7 Å². The number of aromatic nitrogens is 1. The van der Waals surface area contributed by atoms with Crippen LogP contribution in [0.3, 0.4) is 0 Å². The van der Waals surface area contributed by atoms with Crippen molar-refractivity contribution in [3.63, 3.8) is 0 Å². The number of ketones is 1. The summed E-state index contributed by atoms with van der Waals surface area (Å²) in [7, 11) is 6.21. The molecule has 2 heterocycles. The maximum atomic E-state index is 14.8. The Kier molecular flexibility index (Phi) is 28.0. The lowest BCUT2D eigenvalue weighted by Crippen LogP contribution is -2.60. The van der Waals surface area contributed by atoms with Crippen LogP contribution in [0.4, 0.5) is 15.3 Å². The van der Waals surface area contributed by atoms with Crippen molar-refractivity contribution in [2.24, 2.45) is 47.0 Å². The number of hydrogen-bond acceptors (Lipinski definition) is 14. The minimum absolute atomic E-state index is 0.0557. The van der Waals surface area contributed by atoms with E-state index in [0.29, 0.717) is 56.3 Å². The molecule has 0 bridgehead atoms. The van der Waals surface area contributed by atoms with Gasteiger partial charge in [-0.25, -0.2) is 14.6 Å². The van der Waals surface area contributed by atoms with Crippen LogP contribution in [0.2, 0.25) is 0 Å². The number of nitrogens with two attached hydrogens (primary N) is 2. The molecule has 8 N–H and O–H groups in total. The van der Waals surface area contributed by atoms with E-state index in [1.807, 2.05) is 84.2 Å². The first kappa shape index (κ1) is 69.0. The van der Waals surface area contributed by atoms with Gasteiger partial charge in [-0.1, -0.05) is 111 Å². The SMILES string of the molecule is CC[C@H](C)[C@@H]([C@@H](CC(=O)N1CCC[C@H]1[C@H](OC)[C@@H](C)C(=O)N[C@@H](Cc1ccccc1)c1nccs1)OC)N(C)C(=O)[C@@H](NC(=O)[C@H](C(C)C)N(C)C(=O)OCc1ccc(NC(=O)[C@H](CCCNC(N)=O)CC(=O)[C@@H](N)C(C)C)cc1)C(C)C. The van der Waals surface area contributed by atoms with Crippen LogP contribution in [0.15, 0.2) is 66.2 Å². The standard InChI is InChI=1S/C61H94N10O11S/c1-14-39(8)53(48(80-12)34-49(73)71-30-19-23-46(71)54(81-13)40(9)55(74)67-45(58-64-29-31-83-58)32-41-20-16-15-17-21-41)69(10)59(77)51(37(4)5)68-57(76)52(38(6)7)70(11)61(79)82-35-42-24-26-44(27-25-42)66-56(75)43(22-18-28-65-60(63)78)33-47(72)50(62)36(2)3/h15-17,20-21,24-27,29,31,36-40,43,45-46,48,50-54H,14,18-19,22-23,28,30,32-35,62H2,1-13H3,(H,66,75)(H,67,74)(H,68,76)(H3,63,65,78)/t39-,40+,43+,45-,46-,48+,50-,51-,52-,53-,54+/m0/s1. The molecule has 1 aromatic heterocycles. The lowest BCUT2D eigenvalue weighted by Gasteiger charge is -2.41. The molecule has 0 spiro atoms. The smallest absolute Gasteiger partial charge is 0.410 e. The van der Waals surface area contributed by atoms with Crippen molar-refractivity contribution in [3.8, 4) is 0 Å². The van der Waals surface area contributed by atoms with Crippen LogP contribution in [0.1, 0.15) is 129 Å². The maximum absolute atomic E-state index is 14.8. The zero-order valence-electron chi connectivity index (χ0n) is 51.1. The van der Waals surface area contributed by atoms with Crippen LogP contribution in [-0.4, -0.2) is 151 Å². The number of amides is 8. The Bertz CT molecular complexity index is 2550. The van der Waals surface area contributed by atoms with Crippen molar-refractivity contribution in [1.29, 1.82) is 0 Å². The van der Waals surface area contributed by atoms with Gasteiger partial charge in [0.2, 0.25) is 29.5 Å². The minimum atomic E-state index is -1.04. The highest BCUT2D eigenvalue weighted by atomic mass is 32.1. The molecule has 8 amide bonds. The molecule has 21 nitrogen and oxygen atoms in total. The van der Waals surface area contributed by atoms with E-state index in [-0.39, 0.29) is 73.3 Å². The molecule has 1 aliphatic heterocycles. The molecule has 1 aliphatic rings. The van der Waals surface area contributed by atoms with Gasteiger partial charge < -0.3 is 56.7 Å². The zero-order valence-corrected chi connectivity index (χ0v) is 51.9. The van der Waals surface area contributed by atoms with Crippen LogP contribution < -0.4 is 32.7 Å². The number of nitrogens with zero attached hydrogens (tertiary/aromatic N) is 4. The number of benzene rings is 2. The number of urea groups is 1. The monoisotopic (exact) mass is 1170 g/mol. The number of thiazole rings is 1. The van der Waals surface area contributed by atoms with E-state index >= 15 is 0 Å². The summed E-state index contributed by atoms with van der Waals surface area (Å²) in [6, 6.07) is 11.7. The third-order valence-electron chi connectivity index (χ3n) is 16.0. The Morgan fingerprint density at radius 3 is 2.05 bits per heavy atom. The molecule has 4 rings (SSSR count). The average Bonchev–Trinajstić information content (AvgIpc) is 4.39. The topological polar surface area (TPSA) is 287 Å². The number of carbonyl (C=O) groups excluding carboxylic acids is 8. The van der Waals surface area contributed by atoms with Gasteiger partial charge in [0.15, 0.2) is 5.78 Å². The summed E-state index contributed by atoms with van der Waals surface area (Å²) in [5, 5.41) is 14.2. The predicted molar refractivity (Wildman–Crippen MR) is 320 cm³/mol. The van der Waals surface area contributed by atoms with Gasteiger partial charge in [0.25, 0.3) is 0 Å². The number of likely N-dealkylation sites (tertiary alicyclic amines) is 1. The number of rotatable bonds is 33. The fraction of sp³-hybridized carbons (Fsp3) is 0.623. The van der Waals surface area contributed by atoms with Crippen LogP contribution in [0.5, 0.6) is 0 Å². The Balaban J connectivity index is 1.41. The lowest BCUT2D eigenvalue weighted by atomic mass is 9.89. The van der Waals surface area contributed by atoms with Gasteiger partial charge in [-0.05, 0) is 79.0 Å². The second-order valence-corrected chi connectivity index (χ2v) is 24.0. The molecule has 11 atom stereocenters.